The van der Waals surface area contributed by atoms with Crippen molar-refractivity contribution in [3.05, 3.63) is 11.8 Å². The number of esters is 1. The van der Waals surface area contributed by atoms with Crippen molar-refractivity contribution in [2.24, 2.45) is 5.92 Å². The van der Waals surface area contributed by atoms with Crippen LogP contribution in [0.5, 0.6) is 0 Å². The van der Waals surface area contributed by atoms with Crippen LogP contribution < -0.4 is 0 Å². The van der Waals surface area contributed by atoms with Crippen molar-refractivity contribution in [1.82, 2.24) is 0 Å². The second-order valence-electron chi connectivity index (χ2n) is 6.04. The van der Waals surface area contributed by atoms with E-state index in [0.29, 0.717) is 12.3 Å². The second kappa shape index (κ2) is 3.78. The predicted molar refractivity (Wildman–Crippen MR) is 65.4 cm³/mol. The molecule has 1 unspecified atom stereocenters. The quantitative estimate of drug-likeness (QED) is 0.546. The van der Waals surface area contributed by atoms with Crippen LogP contribution in [0.4, 0.5) is 0 Å². The summed E-state index contributed by atoms with van der Waals surface area (Å²) in [6.07, 6.45) is 1.49. The van der Waals surface area contributed by atoms with Crippen molar-refractivity contribution in [3.63, 3.8) is 0 Å². The summed E-state index contributed by atoms with van der Waals surface area (Å²) in [5.74, 6) is 0.248. The van der Waals surface area contributed by atoms with Gasteiger partial charge in [-0.1, -0.05) is 24.8 Å². The van der Waals surface area contributed by atoms with Gasteiger partial charge in [-0.3, -0.25) is 4.79 Å². The van der Waals surface area contributed by atoms with Crippen molar-refractivity contribution in [3.8, 4) is 0 Å². The summed E-state index contributed by atoms with van der Waals surface area (Å²) in [5, 5.41) is 1.33. The van der Waals surface area contributed by atoms with E-state index in [9.17, 15) is 4.79 Å². The van der Waals surface area contributed by atoms with Crippen molar-refractivity contribution in [2.75, 3.05) is 0 Å². The molecule has 1 aliphatic heterocycles. The molecule has 1 aliphatic rings. The Bertz CT molecular complexity index is 286. The number of cyclic esters (lactones) is 1. The van der Waals surface area contributed by atoms with Crippen molar-refractivity contribution < 1.29 is 9.53 Å². The molecule has 0 aromatic rings. The van der Waals surface area contributed by atoms with Crippen LogP contribution in [0.15, 0.2) is 11.8 Å². The molecule has 0 spiro atoms. The van der Waals surface area contributed by atoms with Crippen molar-refractivity contribution >= 4 is 14.0 Å². The molecule has 0 radical (unpaired) electrons. The minimum absolute atomic E-state index is 0.0617. The third-order valence-electron chi connectivity index (χ3n) is 3.33. The predicted octanol–water partition coefficient (Wildman–Crippen LogP) is 3.15. The lowest BCUT2D eigenvalue weighted by atomic mass is 9.88. The van der Waals surface area contributed by atoms with Gasteiger partial charge in [0.25, 0.3) is 0 Å². The Balaban J connectivity index is 2.67. The largest absolute Gasteiger partial charge is 0.459 e. The molecule has 3 heteroatoms. The van der Waals surface area contributed by atoms with Gasteiger partial charge in [-0.05, 0) is 20.3 Å². The molecule has 1 heterocycles. The zero-order chi connectivity index (χ0) is 11.9. The maximum Gasteiger partial charge on any atom is 0.306 e. The molecule has 0 aromatic heterocycles. The zero-order valence-corrected chi connectivity index (χ0v) is 11.5. The van der Waals surface area contributed by atoms with Crippen LogP contribution in [0.2, 0.25) is 19.6 Å². The van der Waals surface area contributed by atoms with Gasteiger partial charge in [0, 0.05) is 5.92 Å². The normalized spacial score (nSPS) is 25.1. The molecule has 15 heavy (non-hydrogen) atoms. The standard InChI is InChI=1S/C12H22O2Si/c1-9(15(4,5)6)7-10-8-11(13)14-12(10,2)3/h10H,1,7-8H2,2-6H3. The first-order valence-electron chi connectivity index (χ1n) is 5.53. The van der Waals surface area contributed by atoms with Gasteiger partial charge in [-0.2, -0.15) is 0 Å². The highest BCUT2D eigenvalue weighted by Crippen LogP contribution is 2.37. The van der Waals surface area contributed by atoms with Crippen molar-refractivity contribution in [2.45, 2.75) is 51.9 Å². The lowest BCUT2D eigenvalue weighted by Crippen LogP contribution is -2.31. The summed E-state index contributed by atoms with van der Waals surface area (Å²) < 4.78 is 5.31. The molecule has 0 aliphatic carbocycles. The van der Waals surface area contributed by atoms with Crippen LogP contribution in [0.1, 0.15) is 26.7 Å². The Labute approximate surface area is 93.7 Å². The summed E-state index contributed by atoms with van der Waals surface area (Å²) in [7, 11) is -1.27. The Morgan fingerprint density at radius 3 is 2.40 bits per heavy atom. The topological polar surface area (TPSA) is 26.3 Å². The first-order chi connectivity index (χ1) is 6.63. The van der Waals surface area contributed by atoms with Gasteiger partial charge in [0.05, 0.1) is 14.5 Å². The Kier molecular flexibility index (Phi) is 3.15. The van der Waals surface area contributed by atoms with Gasteiger partial charge >= 0.3 is 5.97 Å². The number of allylic oxidation sites excluding steroid dienone is 1. The van der Waals surface area contributed by atoms with Gasteiger partial charge in [-0.25, -0.2) is 0 Å². The minimum Gasteiger partial charge on any atom is -0.459 e. The van der Waals surface area contributed by atoms with E-state index in [4.69, 9.17) is 4.74 Å². The van der Waals surface area contributed by atoms with Crippen LogP contribution >= 0.6 is 0 Å². The van der Waals surface area contributed by atoms with Gasteiger partial charge in [0.2, 0.25) is 0 Å². The summed E-state index contributed by atoms with van der Waals surface area (Å²) in [4.78, 5) is 11.3. The summed E-state index contributed by atoms with van der Waals surface area (Å²) in [6, 6.07) is 0. The van der Waals surface area contributed by atoms with Gasteiger partial charge < -0.3 is 4.74 Å². The average Bonchev–Trinajstić information content (AvgIpc) is 2.22. The highest BCUT2D eigenvalue weighted by Gasteiger charge is 2.42. The molecule has 1 atom stereocenters. The van der Waals surface area contributed by atoms with Crippen LogP contribution in [0.25, 0.3) is 0 Å². The molecule has 2 nitrogen and oxygen atoms in total. The smallest absolute Gasteiger partial charge is 0.306 e. The summed E-state index contributed by atoms with van der Waals surface area (Å²) in [6.45, 7) is 15.0. The van der Waals surface area contributed by atoms with Gasteiger partial charge in [0.1, 0.15) is 5.60 Å². The number of ether oxygens (including phenoxy) is 1. The molecule has 0 saturated carbocycles. The van der Waals surface area contributed by atoms with E-state index < -0.39 is 8.07 Å². The molecule has 1 rings (SSSR count). The highest BCUT2D eigenvalue weighted by molar-refractivity contribution is 6.82. The SMILES string of the molecule is C=C(CC1CC(=O)OC1(C)C)[Si](C)(C)C. The van der Waals surface area contributed by atoms with Crippen LogP contribution in [-0.4, -0.2) is 19.6 Å². The van der Waals surface area contributed by atoms with E-state index in [-0.39, 0.29) is 11.6 Å². The van der Waals surface area contributed by atoms with E-state index in [2.05, 4.69) is 26.2 Å². The Morgan fingerprint density at radius 2 is 2.07 bits per heavy atom. The Morgan fingerprint density at radius 1 is 1.53 bits per heavy atom. The number of carbonyl (C=O) groups is 1. The maximum atomic E-state index is 11.3. The molecule has 0 amide bonds. The van der Waals surface area contributed by atoms with E-state index in [1.165, 1.54) is 5.20 Å². The summed E-state index contributed by atoms with van der Waals surface area (Å²) >= 11 is 0. The Hall–Kier alpha value is -0.573. The molecular formula is C12H22O2Si. The van der Waals surface area contributed by atoms with Crippen molar-refractivity contribution in [1.29, 1.82) is 0 Å². The average molecular weight is 226 g/mol. The van der Waals surface area contributed by atoms with E-state index in [0.717, 1.165) is 6.42 Å². The lowest BCUT2D eigenvalue weighted by molar-refractivity contribution is -0.146. The van der Waals surface area contributed by atoms with Gasteiger partial charge in [0.15, 0.2) is 0 Å². The number of carbonyl (C=O) groups excluding carboxylic acids is 1. The lowest BCUT2D eigenvalue weighted by Gasteiger charge is -2.28. The fraction of sp³-hybridized carbons (Fsp3) is 0.750. The maximum absolute atomic E-state index is 11.3. The first kappa shape index (κ1) is 12.5. The van der Waals surface area contributed by atoms with Gasteiger partial charge in [-0.15, -0.1) is 6.58 Å². The fourth-order valence-electron chi connectivity index (χ4n) is 1.79. The molecular weight excluding hydrogens is 204 g/mol. The molecule has 1 saturated heterocycles. The van der Waals surface area contributed by atoms with E-state index in [1.54, 1.807) is 0 Å². The second-order valence-corrected chi connectivity index (χ2v) is 11.2. The monoisotopic (exact) mass is 226 g/mol. The van der Waals surface area contributed by atoms with Crippen LogP contribution in [-0.2, 0) is 9.53 Å². The van der Waals surface area contributed by atoms with E-state index in [1.807, 2.05) is 13.8 Å². The molecule has 86 valence electrons. The first-order valence-corrected chi connectivity index (χ1v) is 9.03. The zero-order valence-electron chi connectivity index (χ0n) is 10.5. The summed E-state index contributed by atoms with van der Waals surface area (Å²) in [5.41, 5.74) is -0.306. The molecule has 0 N–H and O–H groups in total. The third kappa shape index (κ3) is 2.94. The molecule has 0 bridgehead atoms. The minimum atomic E-state index is -1.27. The number of rotatable bonds is 3. The molecule has 1 fully saturated rings. The highest BCUT2D eigenvalue weighted by atomic mass is 28.3. The fourth-order valence-corrected chi connectivity index (χ4v) is 2.65. The van der Waals surface area contributed by atoms with Crippen LogP contribution in [0.3, 0.4) is 0 Å². The van der Waals surface area contributed by atoms with E-state index >= 15 is 0 Å². The van der Waals surface area contributed by atoms with Crippen LogP contribution in [0, 0.1) is 5.92 Å². The molecule has 0 aromatic carbocycles. The number of hydrogen-bond acceptors (Lipinski definition) is 2. The number of hydrogen-bond donors (Lipinski definition) is 0. The third-order valence-corrected chi connectivity index (χ3v) is 5.65.